The zero-order valence-electron chi connectivity index (χ0n) is 6.84. The standard InChI is InChI=1S/C8H10N2O2.ClH/c9-6(5-8(11)12)7-3-1-2-4-10-7;/h1-4,6H,5,9H2,(H,11,12);1H/p-1. The van der Waals surface area contributed by atoms with E-state index in [0.29, 0.717) is 5.69 Å². The number of aromatic nitrogens is 1. The Balaban J connectivity index is 0.00000144. The second-order valence-electron chi connectivity index (χ2n) is 2.44. The van der Waals surface area contributed by atoms with E-state index in [0.717, 1.165) is 0 Å². The van der Waals surface area contributed by atoms with E-state index in [1.165, 1.54) is 0 Å². The van der Waals surface area contributed by atoms with Gasteiger partial charge in [-0.2, -0.15) is 0 Å². The minimum absolute atomic E-state index is 0. The first-order valence-corrected chi connectivity index (χ1v) is 3.56. The van der Waals surface area contributed by atoms with Gasteiger partial charge in [0.05, 0.1) is 11.7 Å². The average molecular weight is 202 g/mol. The van der Waals surface area contributed by atoms with Gasteiger partial charge in [-0.1, -0.05) is 6.07 Å². The number of hydrogen-bond donors (Lipinski definition) is 1. The number of carbonyl (C=O) groups excluding carboxylic acids is 1. The lowest BCUT2D eigenvalue weighted by molar-refractivity contribution is -0.306. The van der Waals surface area contributed by atoms with E-state index < -0.39 is 12.0 Å². The van der Waals surface area contributed by atoms with Crippen molar-refractivity contribution in [2.75, 3.05) is 0 Å². The van der Waals surface area contributed by atoms with E-state index in [-0.39, 0.29) is 18.8 Å². The van der Waals surface area contributed by atoms with Gasteiger partial charge in [0, 0.05) is 18.6 Å². The van der Waals surface area contributed by atoms with Crippen molar-refractivity contribution in [3.8, 4) is 0 Å². The van der Waals surface area contributed by atoms with Gasteiger partial charge in [-0.15, -0.1) is 12.4 Å². The molecule has 0 spiro atoms. The lowest BCUT2D eigenvalue weighted by atomic mass is 10.1. The number of carboxylic acids is 1. The van der Waals surface area contributed by atoms with Gasteiger partial charge in [0.25, 0.3) is 0 Å². The molecule has 1 rings (SSSR count). The molecule has 13 heavy (non-hydrogen) atoms. The Morgan fingerprint density at radius 1 is 1.62 bits per heavy atom. The highest BCUT2D eigenvalue weighted by Crippen LogP contribution is 2.08. The van der Waals surface area contributed by atoms with Gasteiger partial charge in [-0.3, -0.25) is 4.98 Å². The molecule has 4 nitrogen and oxygen atoms in total. The predicted molar refractivity (Wildman–Crippen MR) is 48.0 cm³/mol. The first-order chi connectivity index (χ1) is 5.70. The number of halogens is 1. The zero-order valence-corrected chi connectivity index (χ0v) is 7.66. The zero-order chi connectivity index (χ0) is 8.97. The Hall–Kier alpha value is -1.13. The van der Waals surface area contributed by atoms with E-state index in [9.17, 15) is 9.90 Å². The summed E-state index contributed by atoms with van der Waals surface area (Å²) in [4.78, 5) is 14.1. The van der Waals surface area contributed by atoms with Crippen LogP contribution < -0.4 is 10.8 Å². The molecule has 0 aliphatic rings. The number of carboxylic acid groups (broad SMARTS) is 1. The Morgan fingerprint density at radius 2 is 2.31 bits per heavy atom. The minimum Gasteiger partial charge on any atom is -0.550 e. The average Bonchev–Trinajstić information content (AvgIpc) is 2.05. The van der Waals surface area contributed by atoms with Crippen LogP contribution in [0.4, 0.5) is 0 Å². The summed E-state index contributed by atoms with van der Waals surface area (Å²) in [7, 11) is 0. The summed E-state index contributed by atoms with van der Waals surface area (Å²) in [6.45, 7) is 0. The van der Waals surface area contributed by atoms with Crippen molar-refractivity contribution in [2.24, 2.45) is 5.73 Å². The third-order valence-corrected chi connectivity index (χ3v) is 1.45. The van der Waals surface area contributed by atoms with E-state index >= 15 is 0 Å². The maximum atomic E-state index is 10.2. The van der Waals surface area contributed by atoms with Crippen molar-refractivity contribution >= 4 is 18.4 Å². The molecule has 1 unspecified atom stereocenters. The lowest BCUT2D eigenvalue weighted by Gasteiger charge is -2.10. The largest absolute Gasteiger partial charge is 0.550 e. The Morgan fingerprint density at radius 3 is 2.77 bits per heavy atom. The Bertz CT molecular complexity index is 266. The fourth-order valence-electron chi connectivity index (χ4n) is 0.879. The van der Waals surface area contributed by atoms with Crippen molar-refractivity contribution in [2.45, 2.75) is 12.5 Å². The van der Waals surface area contributed by atoms with E-state index in [2.05, 4.69) is 4.98 Å². The fraction of sp³-hybridized carbons (Fsp3) is 0.250. The van der Waals surface area contributed by atoms with Gasteiger partial charge >= 0.3 is 0 Å². The molecule has 1 atom stereocenters. The number of nitrogens with two attached hydrogens (primary N) is 1. The second kappa shape index (κ2) is 5.50. The highest BCUT2D eigenvalue weighted by atomic mass is 35.5. The Labute approximate surface area is 82.2 Å². The molecule has 1 aromatic rings. The number of nitrogens with zero attached hydrogens (tertiary/aromatic N) is 1. The molecule has 1 aromatic heterocycles. The summed E-state index contributed by atoms with van der Waals surface area (Å²) in [6, 6.07) is 4.62. The van der Waals surface area contributed by atoms with Crippen molar-refractivity contribution in [1.82, 2.24) is 4.98 Å². The van der Waals surface area contributed by atoms with E-state index in [1.807, 2.05) is 0 Å². The lowest BCUT2D eigenvalue weighted by Crippen LogP contribution is -2.27. The van der Waals surface area contributed by atoms with Crippen LogP contribution in [0.1, 0.15) is 18.2 Å². The van der Waals surface area contributed by atoms with Gasteiger partial charge in [0.2, 0.25) is 0 Å². The molecule has 0 fully saturated rings. The molecule has 5 heteroatoms. The van der Waals surface area contributed by atoms with Crippen LogP contribution in [0.15, 0.2) is 24.4 Å². The monoisotopic (exact) mass is 201 g/mol. The number of hydrogen-bond acceptors (Lipinski definition) is 4. The van der Waals surface area contributed by atoms with Crippen molar-refractivity contribution in [1.29, 1.82) is 0 Å². The van der Waals surface area contributed by atoms with Gasteiger partial charge in [-0.05, 0) is 12.1 Å². The van der Waals surface area contributed by atoms with Crippen molar-refractivity contribution in [3.63, 3.8) is 0 Å². The molecule has 0 aromatic carbocycles. The van der Waals surface area contributed by atoms with Gasteiger partial charge in [-0.25, -0.2) is 0 Å². The Kier molecular flexibility index (Phi) is 5.03. The van der Waals surface area contributed by atoms with Crippen LogP contribution in [0.2, 0.25) is 0 Å². The van der Waals surface area contributed by atoms with Crippen molar-refractivity contribution in [3.05, 3.63) is 30.1 Å². The smallest absolute Gasteiger partial charge is 0.0574 e. The first-order valence-electron chi connectivity index (χ1n) is 3.56. The molecule has 0 bridgehead atoms. The topological polar surface area (TPSA) is 79.0 Å². The van der Waals surface area contributed by atoms with Crippen LogP contribution in [0.5, 0.6) is 0 Å². The molecule has 72 valence electrons. The molecule has 1 heterocycles. The van der Waals surface area contributed by atoms with E-state index in [1.54, 1.807) is 24.4 Å². The van der Waals surface area contributed by atoms with Crippen LogP contribution in [-0.2, 0) is 4.79 Å². The molecule has 2 N–H and O–H groups in total. The van der Waals surface area contributed by atoms with Crippen LogP contribution in [0.25, 0.3) is 0 Å². The summed E-state index contributed by atoms with van der Waals surface area (Å²) in [6.07, 6.45) is 1.38. The van der Waals surface area contributed by atoms with E-state index in [4.69, 9.17) is 5.73 Å². The molecule has 0 aliphatic carbocycles. The van der Waals surface area contributed by atoms with Crippen LogP contribution in [0, 0.1) is 0 Å². The SMILES string of the molecule is Cl.NC(CC(=O)[O-])c1ccccn1. The normalized spacial score (nSPS) is 11.5. The molecular formula is C8H10ClN2O2-. The highest BCUT2D eigenvalue weighted by Gasteiger charge is 2.05. The third kappa shape index (κ3) is 3.87. The number of aliphatic carboxylic acids is 1. The molecule has 0 saturated heterocycles. The first kappa shape index (κ1) is 11.9. The van der Waals surface area contributed by atoms with Gasteiger partial charge in [0.15, 0.2) is 0 Å². The quantitative estimate of drug-likeness (QED) is 0.725. The van der Waals surface area contributed by atoms with Gasteiger partial charge in [0.1, 0.15) is 0 Å². The maximum Gasteiger partial charge on any atom is 0.0574 e. The second-order valence-corrected chi connectivity index (χ2v) is 2.44. The molecule has 0 radical (unpaired) electrons. The summed E-state index contributed by atoms with van der Waals surface area (Å²) in [5.41, 5.74) is 6.08. The fourth-order valence-corrected chi connectivity index (χ4v) is 0.879. The predicted octanol–water partition coefficient (Wildman–Crippen LogP) is -0.357. The third-order valence-electron chi connectivity index (χ3n) is 1.45. The van der Waals surface area contributed by atoms with Gasteiger partial charge < -0.3 is 15.6 Å². The number of rotatable bonds is 3. The maximum absolute atomic E-state index is 10.2. The molecule has 0 amide bonds. The molecule has 0 aliphatic heterocycles. The highest BCUT2D eigenvalue weighted by molar-refractivity contribution is 5.85. The van der Waals surface area contributed by atoms with Crippen LogP contribution in [0.3, 0.4) is 0 Å². The van der Waals surface area contributed by atoms with Crippen LogP contribution in [-0.4, -0.2) is 11.0 Å². The summed E-state index contributed by atoms with van der Waals surface area (Å²) < 4.78 is 0. The number of pyridine rings is 1. The van der Waals surface area contributed by atoms with Crippen molar-refractivity contribution < 1.29 is 9.90 Å². The molecule has 0 saturated carbocycles. The summed E-state index contributed by atoms with van der Waals surface area (Å²) in [5.74, 6) is -1.16. The minimum atomic E-state index is -1.16. The summed E-state index contributed by atoms with van der Waals surface area (Å²) in [5, 5.41) is 10.2. The summed E-state index contributed by atoms with van der Waals surface area (Å²) >= 11 is 0. The number of carbonyl (C=O) groups is 1. The molecular weight excluding hydrogens is 192 g/mol. The van der Waals surface area contributed by atoms with Crippen LogP contribution >= 0.6 is 12.4 Å².